The predicted molar refractivity (Wildman–Crippen MR) is 72.6 cm³/mol. The molecule has 2 heterocycles. The molecule has 1 fully saturated rings. The van der Waals surface area contributed by atoms with Gasteiger partial charge < -0.3 is 4.90 Å². The van der Waals surface area contributed by atoms with Crippen LogP contribution in [0.4, 0.5) is 4.39 Å². The summed E-state index contributed by atoms with van der Waals surface area (Å²) >= 11 is 0. The van der Waals surface area contributed by atoms with Gasteiger partial charge in [0.1, 0.15) is 11.5 Å². The molecule has 1 saturated heterocycles. The van der Waals surface area contributed by atoms with E-state index in [4.69, 9.17) is 0 Å². The van der Waals surface area contributed by atoms with Crippen LogP contribution in [-0.4, -0.2) is 27.1 Å². The van der Waals surface area contributed by atoms with Crippen molar-refractivity contribution in [1.82, 2.24) is 14.7 Å². The standard InChI is InChI=1S/C15H16FN3O/c1-18-9-7-13(17-18)15(20)19-8-3-6-14(19)11-4-2-5-12(16)10-11/h2,4-5,7,9-10,14H,3,6,8H2,1H3. The summed E-state index contributed by atoms with van der Waals surface area (Å²) in [4.78, 5) is 14.3. The lowest BCUT2D eigenvalue weighted by atomic mass is 10.0. The maximum absolute atomic E-state index is 13.4. The first-order valence-corrected chi connectivity index (χ1v) is 6.71. The largest absolute Gasteiger partial charge is 0.330 e. The van der Waals surface area contributed by atoms with E-state index in [9.17, 15) is 9.18 Å². The summed E-state index contributed by atoms with van der Waals surface area (Å²) in [5.41, 5.74) is 1.29. The highest BCUT2D eigenvalue weighted by Crippen LogP contribution is 2.33. The average molecular weight is 273 g/mol. The van der Waals surface area contributed by atoms with Gasteiger partial charge in [-0.15, -0.1) is 0 Å². The third-order valence-corrected chi connectivity index (χ3v) is 3.68. The van der Waals surface area contributed by atoms with Crippen molar-refractivity contribution in [1.29, 1.82) is 0 Å². The van der Waals surface area contributed by atoms with Gasteiger partial charge in [0.25, 0.3) is 5.91 Å². The van der Waals surface area contributed by atoms with Gasteiger partial charge in [-0.25, -0.2) is 4.39 Å². The fraction of sp³-hybridized carbons (Fsp3) is 0.333. The van der Waals surface area contributed by atoms with Gasteiger partial charge in [0.15, 0.2) is 0 Å². The Bertz CT molecular complexity index is 638. The molecule has 1 aliphatic heterocycles. The Hall–Kier alpha value is -2.17. The van der Waals surface area contributed by atoms with Crippen molar-refractivity contribution in [3.63, 3.8) is 0 Å². The molecule has 4 nitrogen and oxygen atoms in total. The van der Waals surface area contributed by atoms with Crippen molar-refractivity contribution in [2.75, 3.05) is 6.54 Å². The Kier molecular flexibility index (Phi) is 3.26. The number of hydrogen-bond donors (Lipinski definition) is 0. The molecule has 0 bridgehead atoms. The molecule has 1 aromatic heterocycles. The lowest BCUT2D eigenvalue weighted by Crippen LogP contribution is -2.31. The highest BCUT2D eigenvalue weighted by Gasteiger charge is 2.31. The van der Waals surface area contributed by atoms with Crippen LogP contribution in [0.5, 0.6) is 0 Å². The van der Waals surface area contributed by atoms with Gasteiger partial charge in [-0.3, -0.25) is 9.48 Å². The first kappa shape index (κ1) is 12.8. The van der Waals surface area contributed by atoms with E-state index >= 15 is 0 Å². The van der Waals surface area contributed by atoms with E-state index in [1.807, 2.05) is 6.07 Å². The zero-order chi connectivity index (χ0) is 14.1. The van der Waals surface area contributed by atoms with Crippen LogP contribution in [-0.2, 0) is 7.05 Å². The number of carbonyl (C=O) groups is 1. The molecule has 1 aromatic carbocycles. The van der Waals surface area contributed by atoms with Crippen molar-refractivity contribution >= 4 is 5.91 Å². The minimum Gasteiger partial charge on any atom is -0.330 e. The second-order valence-corrected chi connectivity index (χ2v) is 5.09. The minimum absolute atomic E-state index is 0.0554. The Morgan fingerprint density at radius 1 is 1.40 bits per heavy atom. The summed E-state index contributed by atoms with van der Waals surface area (Å²) in [5.74, 6) is -0.350. The number of aryl methyl sites for hydroxylation is 1. The number of amides is 1. The van der Waals surface area contributed by atoms with E-state index in [0.717, 1.165) is 18.4 Å². The zero-order valence-electron chi connectivity index (χ0n) is 11.3. The molecule has 0 aliphatic carbocycles. The van der Waals surface area contributed by atoms with E-state index in [1.165, 1.54) is 12.1 Å². The smallest absolute Gasteiger partial charge is 0.274 e. The Morgan fingerprint density at radius 2 is 2.25 bits per heavy atom. The molecule has 1 atom stereocenters. The van der Waals surface area contributed by atoms with Crippen molar-refractivity contribution in [3.05, 3.63) is 53.6 Å². The summed E-state index contributed by atoms with van der Waals surface area (Å²) in [6.45, 7) is 0.691. The first-order valence-electron chi connectivity index (χ1n) is 6.71. The molecule has 1 aliphatic rings. The van der Waals surface area contributed by atoms with E-state index in [2.05, 4.69) is 5.10 Å². The number of carbonyl (C=O) groups excluding carboxylic acids is 1. The van der Waals surface area contributed by atoms with Crippen molar-refractivity contribution in [2.45, 2.75) is 18.9 Å². The van der Waals surface area contributed by atoms with Crippen LogP contribution in [0.15, 0.2) is 36.5 Å². The molecule has 2 aromatic rings. The van der Waals surface area contributed by atoms with E-state index in [1.54, 1.807) is 35.0 Å². The maximum atomic E-state index is 13.4. The number of rotatable bonds is 2. The quantitative estimate of drug-likeness (QED) is 0.843. The van der Waals surface area contributed by atoms with E-state index in [-0.39, 0.29) is 17.8 Å². The molecule has 5 heteroatoms. The van der Waals surface area contributed by atoms with Crippen LogP contribution in [0, 0.1) is 5.82 Å². The fourth-order valence-corrected chi connectivity index (χ4v) is 2.75. The maximum Gasteiger partial charge on any atom is 0.274 e. The van der Waals surface area contributed by atoms with Gasteiger partial charge >= 0.3 is 0 Å². The van der Waals surface area contributed by atoms with Crippen molar-refractivity contribution < 1.29 is 9.18 Å². The van der Waals surface area contributed by atoms with Crippen LogP contribution in [0.1, 0.15) is 34.9 Å². The third kappa shape index (κ3) is 2.31. The third-order valence-electron chi connectivity index (χ3n) is 3.68. The van der Waals surface area contributed by atoms with Gasteiger partial charge in [0, 0.05) is 19.8 Å². The first-order chi connectivity index (χ1) is 9.65. The van der Waals surface area contributed by atoms with Crippen LogP contribution >= 0.6 is 0 Å². The lowest BCUT2D eigenvalue weighted by molar-refractivity contribution is 0.0728. The van der Waals surface area contributed by atoms with Crippen LogP contribution in [0.3, 0.4) is 0 Å². The van der Waals surface area contributed by atoms with E-state index in [0.29, 0.717) is 12.2 Å². The molecule has 0 spiro atoms. The van der Waals surface area contributed by atoms with Crippen LogP contribution < -0.4 is 0 Å². The number of halogens is 1. The average Bonchev–Trinajstić information content (AvgIpc) is 3.06. The van der Waals surface area contributed by atoms with Gasteiger partial charge in [-0.1, -0.05) is 12.1 Å². The van der Waals surface area contributed by atoms with Crippen LogP contribution in [0.25, 0.3) is 0 Å². The normalized spacial score (nSPS) is 18.5. The van der Waals surface area contributed by atoms with Crippen molar-refractivity contribution in [3.8, 4) is 0 Å². The monoisotopic (exact) mass is 273 g/mol. The highest BCUT2D eigenvalue weighted by molar-refractivity contribution is 5.92. The minimum atomic E-state index is -0.264. The Labute approximate surface area is 116 Å². The number of hydrogen-bond acceptors (Lipinski definition) is 2. The highest BCUT2D eigenvalue weighted by atomic mass is 19.1. The second kappa shape index (κ2) is 5.07. The van der Waals surface area contributed by atoms with Gasteiger partial charge in [-0.05, 0) is 36.6 Å². The molecule has 0 radical (unpaired) electrons. The van der Waals surface area contributed by atoms with Gasteiger partial charge in [0.05, 0.1) is 6.04 Å². The number of benzene rings is 1. The molecule has 0 saturated carbocycles. The second-order valence-electron chi connectivity index (χ2n) is 5.09. The molecular weight excluding hydrogens is 257 g/mol. The van der Waals surface area contributed by atoms with E-state index < -0.39 is 0 Å². The Morgan fingerprint density at radius 3 is 2.95 bits per heavy atom. The summed E-state index contributed by atoms with van der Waals surface area (Å²) < 4.78 is 15.0. The lowest BCUT2D eigenvalue weighted by Gasteiger charge is -2.24. The number of nitrogens with zero attached hydrogens (tertiary/aromatic N) is 3. The van der Waals surface area contributed by atoms with Crippen LogP contribution in [0.2, 0.25) is 0 Å². The van der Waals surface area contributed by atoms with Gasteiger partial charge in [0.2, 0.25) is 0 Å². The van der Waals surface area contributed by atoms with Crippen molar-refractivity contribution in [2.24, 2.45) is 7.05 Å². The number of aromatic nitrogens is 2. The molecule has 104 valence electrons. The summed E-state index contributed by atoms with van der Waals surface area (Å²) in [6, 6.07) is 8.14. The summed E-state index contributed by atoms with van der Waals surface area (Å²) in [6.07, 6.45) is 3.54. The SMILES string of the molecule is Cn1ccc(C(=O)N2CCCC2c2cccc(F)c2)n1. The molecule has 1 amide bonds. The fourth-order valence-electron chi connectivity index (χ4n) is 2.75. The summed E-state index contributed by atoms with van der Waals surface area (Å²) in [7, 11) is 1.78. The zero-order valence-corrected chi connectivity index (χ0v) is 11.3. The molecule has 3 rings (SSSR count). The molecule has 20 heavy (non-hydrogen) atoms. The molecular formula is C15H16FN3O. The number of likely N-dealkylation sites (tertiary alicyclic amines) is 1. The summed E-state index contributed by atoms with van der Waals surface area (Å²) in [5, 5.41) is 4.15. The molecule has 0 N–H and O–H groups in total. The predicted octanol–water partition coefficient (Wildman–Crippen LogP) is 2.54. The topological polar surface area (TPSA) is 38.1 Å². The molecule has 1 unspecified atom stereocenters. The Balaban J connectivity index is 1.87. The van der Waals surface area contributed by atoms with Gasteiger partial charge in [-0.2, -0.15) is 5.10 Å².